The van der Waals surface area contributed by atoms with Gasteiger partial charge in [-0.2, -0.15) is 5.10 Å². The molecule has 0 aliphatic rings. The average Bonchev–Trinajstić information content (AvgIpc) is 2.76. The molecule has 114 valence electrons. The van der Waals surface area contributed by atoms with E-state index in [1.807, 2.05) is 27.0 Å². The molecule has 0 saturated heterocycles. The Morgan fingerprint density at radius 2 is 2.14 bits per heavy atom. The Labute approximate surface area is 124 Å². The van der Waals surface area contributed by atoms with E-state index >= 15 is 0 Å². The fraction of sp³-hybridized carbons (Fsp3) is 0.438. The molecule has 0 aliphatic heterocycles. The molecule has 0 aliphatic carbocycles. The van der Waals surface area contributed by atoms with Gasteiger partial charge in [0.15, 0.2) is 0 Å². The number of nitrogens with zero attached hydrogens (tertiary/aromatic N) is 2. The predicted octanol–water partition coefficient (Wildman–Crippen LogP) is 2.73. The van der Waals surface area contributed by atoms with Crippen molar-refractivity contribution in [2.75, 3.05) is 0 Å². The lowest BCUT2D eigenvalue weighted by Gasteiger charge is -2.14. The van der Waals surface area contributed by atoms with Crippen LogP contribution in [-0.2, 0) is 20.1 Å². The third-order valence-electron chi connectivity index (χ3n) is 3.50. The van der Waals surface area contributed by atoms with Crippen molar-refractivity contribution in [2.45, 2.75) is 39.3 Å². The molecule has 0 bridgehead atoms. The first-order valence-electron chi connectivity index (χ1n) is 7.16. The second-order valence-electron chi connectivity index (χ2n) is 5.31. The number of hydrogen-bond donors (Lipinski definition) is 1. The fourth-order valence-corrected chi connectivity index (χ4v) is 2.23. The maximum atomic E-state index is 13.4. The molecule has 0 fully saturated rings. The monoisotopic (exact) mass is 291 g/mol. The van der Waals surface area contributed by atoms with E-state index in [0.29, 0.717) is 18.8 Å². The molecule has 1 heterocycles. The van der Waals surface area contributed by atoms with Gasteiger partial charge in [-0.15, -0.1) is 0 Å². The number of rotatable bonds is 6. The van der Waals surface area contributed by atoms with E-state index < -0.39 is 0 Å². The molecule has 1 atom stereocenters. The molecule has 4 nitrogen and oxygen atoms in total. The number of halogens is 1. The molecule has 1 aromatic heterocycles. The highest BCUT2D eigenvalue weighted by molar-refractivity contribution is 5.35. The van der Waals surface area contributed by atoms with Gasteiger partial charge in [0.1, 0.15) is 18.2 Å². The van der Waals surface area contributed by atoms with Gasteiger partial charge < -0.3 is 10.5 Å². The number of benzene rings is 1. The summed E-state index contributed by atoms with van der Waals surface area (Å²) in [4.78, 5) is 0. The van der Waals surface area contributed by atoms with Crippen molar-refractivity contribution >= 4 is 0 Å². The molecule has 2 rings (SSSR count). The number of aromatic nitrogens is 2. The van der Waals surface area contributed by atoms with Gasteiger partial charge in [-0.3, -0.25) is 4.68 Å². The largest absolute Gasteiger partial charge is 0.487 e. The Kier molecular flexibility index (Phi) is 4.96. The first kappa shape index (κ1) is 15.5. The smallest absolute Gasteiger partial charge is 0.130 e. The van der Waals surface area contributed by atoms with Crippen LogP contribution in [0.1, 0.15) is 30.3 Å². The van der Waals surface area contributed by atoms with Crippen LogP contribution in [0.25, 0.3) is 0 Å². The van der Waals surface area contributed by atoms with Gasteiger partial charge in [0, 0.05) is 13.1 Å². The molecule has 21 heavy (non-hydrogen) atoms. The van der Waals surface area contributed by atoms with Crippen LogP contribution in [0.4, 0.5) is 4.39 Å². The van der Waals surface area contributed by atoms with Gasteiger partial charge in [0.25, 0.3) is 0 Å². The first-order chi connectivity index (χ1) is 9.99. The maximum Gasteiger partial charge on any atom is 0.130 e. The van der Waals surface area contributed by atoms with Crippen LogP contribution in [-0.4, -0.2) is 15.8 Å². The van der Waals surface area contributed by atoms with E-state index in [1.165, 1.54) is 12.1 Å². The van der Waals surface area contributed by atoms with E-state index in [0.717, 1.165) is 23.4 Å². The van der Waals surface area contributed by atoms with Crippen molar-refractivity contribution in [3.63, 3.8) is 0 Å². The van der Waals surface area contributed by atoms with E-state index in [4.69, 9.17) is 10.5 Å². The Bertz CT molecular complexity index is 610. The SMILES string of the molecule is CCC(N)Cc1cc(F)ccc1OCc1cc(C)nn1C. The summed E-state index contributed by atoms with van der Waals surface area (Å²) in [5.74, 6) is 0.413. The van der Waals surface area contributed by atoms with Gasteiger partial charge >= 0.3 is 0 Å². The second-order valence-corrected chi connectivity index (χ2v) is 5.31. The van der Waals surface area contributed by atoms with Crippen LogP contribution < -0.4 is 10.5 Å². The van der Waals surface area contributed by atoms with Crippen LogP contribution in [0, 0.1) is 12.7 Å². The number of aryl methyl sites for hydroxylation is 2. The molecule has 2 aromatic rings. The molecule has 0 amide bonds. The highest BCUT2D eigenvalue weighted by Gasteiger charge is 2.11. The fourth-order valence-electron chi connectivity index (χ4n) is 2.23. The lowest BCUT2D eigenvalue weighted by molar-refractivity contribution is 0.290. The zero-order chi connectivity index (χ0) is 15.4. The summed E-state index contributed by atoms with van der Waals surface area (Å²) in [5, 5.41) is 4.28. The van der Waals surface area contributed by atoms with Crippen LogP contribution in [0.2, 0.25) is 0 Å². The van der Waals surface area contributed by atoms with Crippen LogP contribution in [0.3, 0.4) is 0 Å². The van der Waals surface area contributed by atoms with E-state index in [2.05, 4.69) is 5.10 Å². The summed E-state index contributed by atoms with van der Waals surface area (Å²) < 4.78 is 21.0. The third kappa shape index (κ3) is 4.04. The van der Waals surface area contributed by atoms with Crippen molar-refractivity contribution in [3.8, 4) is 5.75 Å². The van der Waals surface area contributed by atoms with Gasteiger partial charge in [0.2, 0.25) is 0 Å². The standard InChI is InChI=1S/C16H22FN3O/c1-4-14(18)9-12-8-13(17)5-6-16(12)21-10-15-7-11(2)19-20(15)3/h5-8,14H,4,9-10,18H2,1-3H3. The predicted molar refractivity (Wildman–Crippen MR) is 80.6 cm³/mol. The Hall–Kier alpha value is -1.88. The summed E-state index contributed by atoms with van der Waals surface area (Å²) >= 11 is 0. The van der Waals surface area contributed by atoms with Crippen molar-refractivity contribution < 1.29 is 9.13 Å². The van der Waals surface area contributed by atoms with Crippen LogP contribution in [0.5, 0.6) is 5.75 Å². The summed E-state index contributed by atoms with van der Waals surface area (Å²) in [6, 6.07) is 6.55. The topological polar surface area (TPSA) is 53.1 Å². The molecular formula is C16H22FN3O. The van der Waals surface area contributed by atoms with Crippen molar-refractivity contribution in [3.05, 3.63) is 47.0 Å². The molecule has 0 saturated carbocycles. The minimum absolute atomic E-state index is 0.00750. The molecule has 1 aromatic carbocycles. The normalized spacial score (nSPS) is 12.4. The van der Waals surface area contributed by atoms with Crippen LogP contribution in [0.15, 0.2) is 24.3 Å². The summed E-state index contributed by atoms with van der Waals surface area (Å²) in [6.45, 7) is 4.35. The number of nitrogens with two attached hydrogens (primary N) is 1. The Balaban J connectivity index is 2.13. The van der Waals surface area contributed by atoms with Gasteiger partial charge in [0.05, 0.1) is 11.4 Å². The van der Waals surface area contributed by atoms with Crippen LogP contribution >= 0.6 is 0 Å². The van der Waals surface area contributed by atoms with Gasteiger partial charge in [-0.25, -0.2) is 4.39 Å². The van der Waals surface area contributed by atoms with Gasteiger partial charge in [-0.1, -0.05) is 6.92 Å². The number of ether oxygens (including phenoxy) is 1. The quantitative estimate of drug-likeness (QED) is 0.890. The van der Waals surface area contributed by atoms with Gasteiger partial charge in [-0.05, 0) is 49.6 Å². The lowest BCUT2D eigenvalue weighted by Crippen LogP contribution is -2.21. The molecule has 0 spiro atoms. The molecular weight excluding hydrogens is 269 g/mol. The zero-order valence-electron chi connectivity index (χ0n) is 12.8. The minimum Gasteiger partial charge on any atom is -0.487 e. The van der Waals surface area contributed by atoms with Crippen molar-refractivity contribution in [1.82, 2.24) is 9.78 Å². The molecule has 5 heteroatoms. The average molecular weight is 291 g/mol. The maximum absolute atomic E-state index is 13.4. The van der Waals surface area contributed by atoms with Crippen molar-refractivity contribution in [1.29, 1.82) is 0 Å². The Morgan fingerprint density at radius 3 is 2.76 bits per heavy atom. The molecule has 2 N–H and O–H groups in total. The Morgan fingerprint density at radius 1 is 1.38 bits per heavy atom. The highest BCUT2D eigenvalue weighted by Crippen LogP contribution is 2.22. The summed E-state index contributed by atoms with van der Waals surface area (Å²) in [7, 11) is 1.88. The first-order valence-corrected chi connectivity index (χ1v) is 7.16. The van der Waals surface area contributed by atoms with E-state index in [-0.39, 0.29) is 11.9 Å². The second kappa shape index (κ2) is 6.72. The summed E-state index contributed by atoms with van der Waals surface area (Å²) in [5.41, 5.74) is 8.70. The summed E-state index contributed by atoms with van der Waals surface area (Å²) in [6.07, 6.45) is 1.45. The van der Waals surface area contributed by atoms with E-state index in [9.17, 15) is 4.39 Å². The third-order valence-corrected chi connectivity index (χ3v) is 3.50. The van der Waals surface area contributed by atoms with E-state index in [1.54, 1.807) is 10.7 Å². The molecule has 0 radical (unpaired) electrons. The lowest BCUT2D eigenvalue weighted by atomic mass is 10.0. The van der Waals surface area contributed by atoms with Crippen molar-refractivity contribution in [2.24, 2.45) is 12.8 Å². The minimum atomic E-state index is -0.267. The zero-order valence-corrected chi connectivity index (χ0v) is 12.8. The number of hydrogen-bond acceptors (Lipinski definition) is 3. The highest BCUT2D eigenvalue weighted by atomic mass is 19.1. The molecule has 1 unspecified atom stereocenters.